The highest BCUT2D eigenvalue weighted by molar-refractivity contribution is 7.80. The summed E-state index contributed by atoms with van der Waals surface area (Å²) in [4.78, 5) is 12.2. The second-order valence-electron chi connectivity index (χ2n) is 5.93. The number of nitrogens with one attached hydrogen (secondary N) is 3. The van der Waals surface area contributed by atoms with Crippen LogP contribution >= 0.6 is 23.8 Å². The SMILES string of the molecule is Cc1ccc(NC(=S)NNC(=O)C2CC2c2ccc(Cl)cc2)cc1. The molecule has 0 bridgehead atoms. The fourth-order valence-corrected chi connectivity index (χ4v) is 2.87. The minimum absolute atomic E-state index is 0.0270. The van der Waals surface area contributed by atoms with Gasteiger partial charge in [-0.1, -0.05) is 41.4 Å². The van der Waals surface area contributed by atoms with Crippen LogP contribution in [0.2, 0.25) is 5.02 Å². The first-order chi connectivity index (χ1) is 11.5. The summed E-state index contributed by atoms with van der Waals surface area (Å²) in [5.74, 6) is 0.173. The number of carbonyl (C=O) groups excluding carboxylic acids is 1. The van der Waals surface area contributed by atoms with Crippen LogP contribution in [0.15, 0.2) is 48.5 Å². The Kier molecular flexibility index (Phi) is 5.02. The number of hydrogen-bond acceptors (Lipinski definition) is 2. The van der Waals surface area contributed by atoms with Crippen LogP contribution in [0, 0.1) is 12.8 Å². The van der Waals surface area contributed by atoms with Crippen LogP contribution in [-0.2, 0) is 4.79 Å². The van der Waals surface area contributed by atoms with Crippen molar-refractivity contribution in [2.24, 2.45) is 5.92 Å². The van der Waals surface area contributed by atoms with Gasteiger partial charge in [-0.2, -0.15) is 0 Å². The highest BCUT2D eigenvalue weighted by atomic mass is 35.5. The minimum atomic E-state index is -0.0528. The van der Waals surface area contributed by atoms with Gasteiger partial charge in [0.1, 0.15) is 0 Å². The number of amides is 1. The third-order valence-corrected chi connectivity index (χ3v) is 4.49. The molecule has 0 heterocycles. The van der Waals surface area contributed by atoms with Crippen molar-refractivity contribution in [3.63, 3.8) is 0 Å². The van der Waals surface area contributed by atoms with Crippen molar-refractivity contribution in [2.45, 2.75) is 19.3 Å². The van der Waals surface area contributed by atoms with E-state index in [1.54, 1.807) is 0 Å². The van der Waals surface area contributed by atoms with E-state index in [1.807, 2.05) is 55.5 Å². The summed E-state index contributed by atoms with van der Waals surface area (Å²) in [6.07, 6.45) is 0.841. The lowest BCUT2D eigenvalue weighted by Crippen LogP contribution is -2.44. The van der Waals surface area contributed by atoms with Gasteiger partial charge in [0.05, 0.1) is 0 Å². The molecule has 1 fully saturated rings. The summed E-state index contributed by atoms with van der Waals surface area (Å²) in [6, 6.07) is 15.5. The van der Waals surface area contributed by atoms with Crippen LogP contribution in [-0.4, -0.2) is 11.0 Å². The number of thiocarbonyl (C=S) groups is 1. The van der Waals surface area contributed by atoms with Gasteiger partial charge in [-0.3, -0.25) is 15.6 Å². The van der Waals surface area contributed by atoms with E-state index < -0.39 is 0 Å². The van der Waals surface area contributed by atoms with Crippen molar-refractivity contribution < 1.29 is 4.79 Å². The third-order valence-electron chi connectivity index (χ3n) is 4.03. The molecular formula is C18H18ClN3OS. The van der Waals surface area contributed by atoms with E-state index in [0.717, 1.165) is 17.7 Å². The molecule has 24 heavy (non-hydrogen) atoms. The molecule has 124 valence electrons. The Morgan fingerprint density at radius 3 is 2.42 bits per heavy atom. The zero-order chi connectivity index (χ0) is 17.1. The first-order valence-electron chi connectivity index (χ1n) is 7.72. The summed E-state index contributed by atoms with van der Waals surface area (Å²) >= 11 is 11.1. The van der Waals surface area contributed by atoms with Gasteiger partial charge in [-0.25, -0.2) is 0 Å². The maximum atomic E-state index is 12.2. The van der Waals surface area contributed by atoms with Crippen molar-refractivity contribution >= 4 is 40.5 Å². The van der Waals surface area contributed by atoms with Gasteiger partial charge in [0.15, 0.2) is 5.11 Å². The highest BCUT2D eigenvalue weighted by Crippen LogP contribution is 2.47. The van der Waals surface area contributed by atoms with Gasteiger partial charge in [-0.05, 0) is 61.3 Å². The predicted octanol–water partition coefficient (Wildman–Crippen LogP) is 3.77. The number of aryl methyl sites for hydroxylation is 1. The van der Waals surface area contributed by atoms with E-state index in [0.29, 0.717) is 10.1 Å². The monoisotopic (exact) mass is 359 g/mol. The Morgan fingerprint density at radius 1 is 1.08 bits per heavy atom. The Balaban J connectivity index is 1.45. The number of rotatable bonds is 3. The van der Waals surface area contributed by atoms with E-state index in [2.05, 4.69) is 16.2 Å². The average Bonchev–Trinajstić information content (AvgIpc) is 3.36. The van der Waals surface area contributed by atoms with Crippen molar-refractivity contribution in [2.75, 3.05) is 5.32 Å². The molecule has 2 atom stereocenters. The molecule has 0 aromatic heterocycles. The standard InChI is InChI=1S/C18H18ClN3OS/c1-11-2-8-14(9-3-11)20-18(24)22-21-17(23)16-10-15(16)12-4-6-13(19)7-5-12/h2-9,15-16H,10H2,1H3,(H,21,23)(H2,20,22,24). The van der Waals surface area contributed by atoms with Crippen molar-refractivity contribution in [1.29, 1.82) is 0 Å². The maximum absolute atomic E-state index is 12.2. The summed E-state index contributed by atoms with van der Waals surface area (Å²) in [6.45, 7) is 2.02. The Hall–Kier alpha value is -2.11. The lowest BCUT2D eigenvalue weighted by molar-refractivity contribution is -0.122. The molecule has 1 aliphatic carbocycles. The summed E-state index contributed by atoms with van der Waals surface area (Å²) in [5, 5.41) is 4.08. The zero-order valence-electron chi connectivity index (χ0n) is 13.2. The summed E-state index contributed by atoms with van der Waals surface area (Å²) in [7, 11) is 0. The molecule has 0 saturated heterocycles. The zero-order valence-corrected chi connectivity index (χ0v) is 14.7. The van der Waals surface area contributed by atoms with Crippen LogP contribution in [0.5, 0.6) is 0 Å². The van der Waals surface area contributed by atoms with Gasteiger partial charge in [0, 0.05) is 16.6 Å². The average molecular weight is 360 g/mol. The molecule has 2 aromatic rings. The predicted molar refractivity (Wildman–Crippen MR) is 101 cm³/mol. The molecule has 0 aliphatic heterocycles. The quantitative estimate of drug-likeness (QED) is 0.577. The van der Waals surface area contributed by atoms with E-state index in [-0.39, 0.29) is 17.7 Å². The smallest absolute Gasteiger partial charge is 0.242 e. The molecule has 0 spiro atoms. The second-order valence-corrected chi connectivity index (χ2v) is 6.78. The van der Waals surface area contributed by atoms with Crippen molar-refractivity contribution in [3.05, 3.63) is 64.7 Å². The van der Waals surface area contributed by atoms with Crippen LogP contribution in [0.4, 0.5) is 5.69 Å². The topological polar surface area (TPSA) is 53.2 Å². The fraction of sp³-hybridized carbons (Fsp3) is 0.222. The van der Waals surface area contributed by atoms with Gasteiger partial charge in [-0.15, -0.1) is 0 Å². The first-order valence-corrected chi connectivity index (χ1v) is 8.50. The molecule has 1 amide bonds. The molecule has 6 heteroatoms. The van der Waals surface area contributed by atoms with Crippen molar-refractivity contribution in [3.8, 4) is 0 Å². The number of carbonyl (C=O) groups is 1. The maximum Gasteiger partial charge on any atom is 0.242 e. The van der Waals surface area contributed by atoms with Gasteiger partial charge in [0.25, 0.3) is 0 Å². The number of anilines is 1. The Bertz CT molecular complexity index is 746. The fourth-order valence-electron chi connectivity index (χ4n) is 2.57. The molecule has 2 unspecified atom stereocenters. The summed E-state index contributed by atoms with van der Waals surface area (Å²) in [5.41, 5.74) is 8.60. The third kappa shape index (κ3) is 4.24. The van der Waals surface area contributed by atoms with Crippen LogP contribution in [0.25, 0.3) is 0 Å². The molecule has 2 aromatic carbocycles. The van der Waals surface area contributed by atoms with Crippen LogP contribution < -0.4 is 16.2 Å². The molecule has 3 rings (SSSR count). The molecule has 1 aliphatic rings. The molecule has 1 saturated carbocycles. The molecule has 0 radical (unpaired) electrons. The Labute approximate surface area is 151 Å². The van der Waals surface area contributed by atoms with Gasteiger partial charge >= 0.3 is 0 Å². The molecular weight excluding hydrogens is 342 g/mol. The number of benzene rings is 2. The first kappa shape index (κ1) is 16.7. The lowest BCUT2D eigenvalue weighted by atomic mass is 10.1. The normalized spacial score (nSPS) is 18.6. The second kappa shape index (κ2) is 7.20. The van der Waals surface area contributed by atoms with Gasteiger partial charge in [0.2, 0.25) is 5.91 Å². The van der Waals surface area contributed by atoms with E-state index >= 15 is 0 Å². The Morgan fingerprint density at radius 2 is 1.75 bits per heavy atom. The van der Waals surface area contributed by atoms with E-state index in [4.69, 9.17) is 23.8 Å². The van der Waals surface area contributed by atoms with Gasteiger partial charge < -0.3 is 5.32 Å². The molecule has 4 nitrogen and oxygen atoms in total. The summed E-state index contributed by atoms with van der Waals surface area (Å²) < 4.78 is 0. The number of hydrazine groups is 1. The van der Waals surface area contributed by atoms with E-state index in [1.165, 1.54) is 5.56 Å². The lowest BCUT2D eigenvalue weighted by Gasteiger charge is -2.11. The highest BCUT2D eigenvalue weighted by Gasteiger charge is 2.43. The van der Waals surface area contributed by atoms with Crippen LogP contribution in [0.3, 0.4) is 0 Å². The largest absolute Gasteiger partial charge is 0.331 e. The number of halogens is 1. The van der Waals surface area contributed by atoms with Crippen LogP contribution in [0.1, 0.15) is 23.5 Å². The van der Waals surface area contributed by atoms with Crippen molar-refractivity contribution in [1.82, 2.24) is 10.9 Å². The molecule has 3 N–H and O–H groups in total. The minimum Gasteiger partial charge on any atom is -0.331 e. The number of hydrogen-bond donors (Lipinski definition) is 3. The van der Waals surface area contributed by atoms with E-state index in [9.17, 15) is 4.79 Å².